The first kappa shape index (κ1) is 33.8. The molecular formula is C2H9BF3OS2. The molecule has 1 nitrogen and oxygen atoms in total. The van der Waals surface area contributed by atoms with Crippen molar-refractivity contribution in [2.24, 2.45) is 0 Å². The van der Waals surface area contributed by atoms with Crippen LogP contribution >= 0.6 is 24.1 Å². The third kappa shape index (κ3) is 57.1. The Balaban J connectivity index is -0.0000000133. The average Bonchev–Trinajstić information content (AvgIpc) is 1.41. The summed E-state index contributed by atoms with van der Waals surface area (Å²) in [6.07, 6.45) is 3.77. The molecule has 9 heavy (non-hydrogen) atoms. The highest BCUT2D eigenvalue weighted by molar-refractivity contribution is 8.07. The van der Waals surface area contributed by atoms with Crippen LogP contribution in [0.4, 0.5) is 14.1 Å². The minimum atomic E-state index is 0. The molecule has 0 amide bonds. The van der Waals surface area contributed by atoms with Gasteiger partial charge in [0.05, 0.1) is 0 Å². The van der Waals surface area contributed by atoms with E-state index in [2.05, 4.69) is 3.63 Å². The number of rotatable bonds is 2. The Kier molecular flexibility index (Phi) is 146. The van der Waals surface area contributed by atoms with E-state index >= 15 is 0 Å². The molecule has 0 aliphatic rings. The molecule has 0 saturated heterocycles. The van der Waals surface area contributed by atoms with Gasteiger partial charge in [-0.25, -0.2) is 3.63 Å². The van der Waals surface area contributed by atoms with Gasteiger partial charge in [-0.2, -0.15) is 0 Å². The number of halogens is 3. The molecule has 0 N–H and O–H groups in total. The van der Waals surface area contributed by atoms with Crippen LogP contribution < -0.4 is 0 Å². The summed E-state index contributed by atoms with van der Waals surface area (Å²) in [4.78, 5) is 0. The van der Waals surface area contributed by atoms with Crippen LogP contribution in [0, 0.1) is 0 Å². The molecule has 0 aromatic carbocycles. The Labute approximate surface area is 63.4 Å². The van der Waals surface area contributed by atoms with E-state index in [-0.39, 0.29) is 22.5 Å². The van der Waals surface area contributed by atoms with Gasteiger partial charge in [0, 0.05) is 45.0 Å². The molecule has 0 aliphatic heterocycles. The highest BCUT2D eigenvalue weighted by Gasteiger charge is 1.66. The minimum Gasteiger partial charge on any atom is -0.269 e. The fourth-order valence-electron chi connectivity index (χ4n) is 0.0680. The molecule has 0 atom stereocenters. The van der Waals surface area contributed by atoms with Gasteiger partial charge >= 0.3 is 0 Å². The van der Waals surface area contributed by atoms with Crippen LogP contribution in [0.5, 0.6) is 0 Å². The lowest BCUT2D eigenvalue weighted by molar-refractivity contribution is 0.769. The SMILES string of the molecule is CSOSC.F.F.F.[B]. The maximum atomic E-state index is 4.67. The van der Waals surface area contributed by atoms with Gasteiger partial charge in [-0.15, -0.1) is 0 Å². The van der Waals surface area contributed by atoms with Crippen LogP contribution in [-0.4, -0.2) is 20.9 Å². The second-order valence-corrected chi connectivity index (χ2v) is 1.61. The normalized spacial score (nSPS) is 4.67. The summed E-state index contributed by atoms with van der Waals surface area (Å²) in [6.45, 7) is 0. The summed E-state index contributed by atoms with van der Waals surface area (Å²) in [5.41, 5.74) is 0. The van der Waals surface area contributed by atoms with Gasteiger partial charge < -0.3 is 0 Å². The average molecular weight is 181 g/mol. The van der Waals surface area contributed by atoms with E-state index in [9.17, 15) is 0 Å². The quantitative estimate of drug-likeness (QED) is 0.473. The molecule has 0 rings (SSSR count). The smallest absolute Gasteiger partial charge is 0.00948 e. The van der Waals surface area contributed by atoms with Crippen molar-refractivity contribution in [3.8, 4) is 0 Å². The minimum absolute atomic E-state index is 0. The molecule has 3 radical (unpaired) electrons. The van der Waals surface area contributed by atoms with Gasteiger partial charge in [0.15, 0.2) is 0 Å². The van der Waals surface area contributed by atoms with E-state index in [0.29, 0.717) is 0 Å². The Bertz CT molecular complexity index is 27.3. The lowest BCUT2D eigenvalue weighted by atomic mass is 10.8. The first-order valence-corrected chi connectivity index (χ1v) is 3.45. The summed E-state index contributed by atoms with van der Waals surface area (Å²) >= 11 is 2.73. The zero-order valence-electron chi connectivity index (χ0n) is 5.03. The van der Waals surface area contributed by atoms with E-state index < -0.39 is 0 Å². The molecule has 0 bridgehead atoms. The van der Waals surface area contributed by atoms with Crippen LogP contribution in [0.25, 0.3) is 0 Å². The zero-order chi connectivity index (χ0) is 4.12. The van der Waals surface area contributed by atoms with Crippen molar-refractivity contribution in [2.45, 2.75) is 0 Å². The van der Waals surface area contributed by atoms with E-state index in [1.165, 1.54) is 24.1 Å². The van der Waals surface area contributed by atoms with Gasteiger partial charge in [-0.3, -0.25) is 14.1 Å². The molecule has 0 unspecified atom stereocenters. The molecule has 59 valence electrons. The molecule has 0 aromatic rings. The van der Waals surface area contributed by atoms with Gasteiger partial charge in [-0.05, 0) is 0 Å². The molecule has 7 heteroatoms. The topological polar surface area (TPSA) is 9.23 Å². The van der Waals surface area contributed by atoms with Crippen LogP contribution in [0.3, 0.4) is 0 Å². The summed E-state index contributed by atoms with van der Waals surface area (Å²) in [5, 5.41) is 0. The predicted molar refractivity (Wildman–Crippen MR) is 41.4 cm³/mol. The lowest BCUT2D eigenvalue weighted by Crippen LogP contribution is -1.51. The van der Waals surface area contributed by atoms with Gasteiger partial charge in [0.25, 0.3) is 0 Å². The number of hydrogen-bond donors (Lipinski definition) is 0. The van der Waals surface area contributed by atoms with Crippen molar-refractivity contribution in [2.75, 3.05) is 12.5 Å². The van der Waals surface area contributed by atoms with Crippen LogP contribution in [0.2, 0.25) is 0 Å². The van der Waals surface area contributed by atoms with Crippen LogP contribution in [0.15, 0.2) is 0 Å². The molecule has 0 saturated carbocycles. The van der Waals surface area contributed by atoms with Crippen molar-refractivity contribution < 1.29 is 17.7 Å². The van der Waals surface area contributed by atoms with E-state index in [0.717, 1.165) is 0 Å². The zero-order valence-corrected chi connectivity index (χ0v) is 6.66. The monoisotopic (exact) mass is 181 g/mol. The Morgan fingerprint density at radius 2 is 1.11 bits per heavy atom. The summed E-state index contributed by atoms with van der Waals surface area (Å²) < 4.78 is 4.67. The maximum Gasteiger partial charge on any atom is 0.00948 e. The Morgan fingerprint density at radius 1 is 0.889 bits per heavy atom. The van der Waals surface area contributed by atoms with Crippen molar-refractivity contribution in [1.82, 2.24) is 0 Å². The Hall–Kier alpha value is 0.515. The van der Waals surface area contributed by atoms with Crippen LogP contribution in [0.1, 0.15) is 0 Å². The fourth-order valence-corrected chi connectivity index (χ4v) is 0.612. The molecular weight excluding hydrogens is 172 g/mol. The standard InChI is InChI=1S/C2H6OS2.B.3FH/c1-4-3-5-2;;;;/h1-2H3;;3*1H. The molecule has 0 spiro atoms. The molecule has 0 aromatic heterocycles. The van der Waals surface area contributed by atoms with Crippen molar-refractivity contribution in [1.29, 1.82) is 0 Å². The van der Waals surface area contributed by atoms with E-state index in [4.69, 9.17) is 0 Å². The lowest BCUT2D eigenvalue weighted by Gasteiger charge is -1.82. The summed E-state index contributed by atoms with van der Waals surface area (Å²) in [6, 6.07) is 0. The first-order valence-electron chi connectivity index (χ1n) is 1.15. The van der Waals surface area contributed by atoms with E-state index in [1.807, 2.05) is 12.5 Å². The Morgan fingerprint density at radius 3 is 1.11 bits per heavy atom. The number of hydrogen-bond acceptors (Lipinski definition) is 3. The largest absolute Gasteiger partial charge is 0.269 e. The van der Waals surface area contributed by atoms with Gasteiger partial charge in [0.1, 0.15) is 0 Å². The molecule has 0 aliphatic carbocycles. The van der Waals surface area contributed by atoms with Gasteiger partial charge in [0.2, 0.25) is 0 Å². The second kappa shape index (κ2) is 38.9. The van der Waals surface area contributed by atoms with Crippen molar-refractivity contribution in [3.05, 3.63) is 0 Å². The second-order valence-electron chi connectivity index (χ2n) is 0.401. The first-order chi connectivity index (χ1) is 2.41. The van der Waals surface area contributed by atoms with Crippen LogP contribution in [-0.2, 0) is 3.63 Å². The van der Waals surface area contributed by atoms with E-state index in [1.54, 1.807) is 0 Å². The highest BCUT2D eigenvalue weighted by Crippen LogP contribution is 2.04. The van der Waals surface area contributed by atoms with Gasteiger partial charge in [-0.1, -0.05) is 0 Å². The van der Waals surface area contributed by atoms with Crippen molar-refractivity contribution >= 4 is 32.5 Å². The molecule has 0 fully saturated rings. The predicted octanol–water partition coefficient (Wildman–Crippen LogP) is 1.64. The summed E-state index contributed by atoms with van der Waals surface area (Å²) in [5.74, 6) is 0. The third-order valence-electron chi connectivity index (χ3n) is 0.136. The maximum absolute atomic E-state index is 4.67. The fraction of sp³-hybridized carbons (Fsp3) is 1.00. The highest BCUT2D eigenvalue weighted by atomic mass is 32.2. The van der Waals surface area contributed by atoms with Crippen molar-refractivity contribution in [3.63, 3.8) is 0 Å². The molecule has 0 heterocycles. The summed E-state index contributed by atoms with van der Waals surface area (Å²) in [7, 11) is 0. The third-order valence-corrected chi connectivity index (χ3v) is 1.22.